The molecule has 6 nitrogen and oxygen atoms in total. The van der Waals surface area contributed by atoms with E-state index in [1.165, 1.54) is 18.5 Å². The summed E-state index contributed by atoms with van der Waals surface area (Å²) in [6, 6.07) is 7.76. The van der Waals surface area contributed by atoms with Gasteiger partial charge in [-0.2, -0.15) is 5.10 Å². The number of anilines is 1. The number of carbonyl (C=O) groups excluding carboxylic acids is 1. The lowest BCUT2D eigenvalue weighted by molar-refractivity contribution is 0.0235. The minimum Gasteiger partial charge on any atom is -0.393 e. The maximum Gasteiger partial charge on any atom is 0.251 e. The van der Waals surface area contributed by atoms with Crippen LogP contribution in [0.25, 0.3) is 0 Å². The molecule has 0 bridgehead atoms. The van der Waals surface area contributed by atoms with Crippen molar-refractivity contribution in [1.82, 2.24) is 15.1 Å². The van der Waals surface area contributed by atoms with Crippen molar-refractivity contribution in [2.45, 2.75) is 37.8 Å². The van der Waals surface area contributed by atoms with Crippen molar-refractivity contribution in [3.63, 3.8) is 0 Å². The van der Waals surface area contributed by atoms with Gasteiger partial charge in [0.05, 0.1) is 18.3 Å². The van der Waals surface area contributed by atoms with Gasteiger partial charge in [-0.3, -0.25) is 9.48 Å². The van der Waals surface area contributed by atoms with Crippen LogP contribution >= 0.6 is 0 Å². The van der Waals surface area contributed by atoms with Crippen LogP contribution in [0.2, 0.25) is 0 Å². The molecule has 1 aromatic heterocycles. The molecular weight excluding hydrogens is 328 g/mol. The van der Waals surface area contributed by atoms with Gasteiger partial charge in [-0.1, -0.05) is 0 Å². The highest BCUT2D eigenvalue weighted by Gasteiger charge is 2.36. The fraction of sp³-hybridized carbons (Fsp3) is 0.500. The second kappa shape index (κ2) is 7.11. The summed E-state index contributed by atoms with van der Waals surface area (Å²) in [7, 11) is 1.87. The van der Waals surface area contributed by atoms with Gasteiger partial charge in [-0.15, -0.1) is 0 Å². The smallest absolute Gasteiger partial charge is 0.251 e. The average Bonchev–Trinajstić information content (AvgIpc) is 3.29. The van der Waals surface area contributed by atoms with Crippen LogP contribution in [0.4, 0.5) is 5.69 Å². The van der Waals surface area contributed by atoms with Crippen LogP contribution in [-0.2, 0) is 7.05 Å². The van der Waals surface area contributed by atoms with E-state index in [0.29, 0.717) is 18.4 Å². The Bertz CT molecular complexity index is 758. The number of carbonyl (C=O) groups is 1. The highest BCUT2D eigenvalue weighted by atomic mass is 16.3. The molecule has 4 rings (SSSR count). The number of aromatic nitrogens is 2. The first-order chi connectivity index (χ1) is 12.6. The Morgan fingerprint density at radius 3 is 2.50 bits per heavy atom. The Hall–Kier alpha value is -2.34. The minimum atomic E-state index is -0.254. The summed E-state index contributed by atoms with van der Waals surface area (Å²) in [5, 5.41) is 17.1. The molecule has 2 heterocycles. The summed E-state index contributed by atoms with van der Waals surface area (Å²) < 4.78 is 1.74. The average molecular weight is 354 g/mol. The largest absolute Gasteiger partial charge is 0.393 e. The van der Waals surface area contributed by atoms with E-state index in [0.717, 1.165) is 18.7 Å². The first kappa shape index (κ1) is 17.1. The maximum atomic E-state index is 12.8. The number of amides is 1. The van der Waals surface area contributed by atoms with Crippen molar-refractivity contribution in [3.8, 4) is 0 Å². The zero-order valence-electron chi connectivity index (χ0n) is 15.1. The molecule has 26 heavy (non-hydrogen) atoms. The highest BCUT2D eigenvalue weighted by Crippen LogP contribution is 2.38. The molecule has 6 heteroatoms. The number of hydrogen-bond acceptors (Lipinski definition) is 4. The summed E-state index contributed by atoms with van der Waals surface area (Å²) in [4.78, 5) is 15.1. The third-order valence-corrected chi connectivity index (χ3v) is 5.59. The normalized spacial score (nSPS) is 23.5. The first-order valence-electron chi connectivity index (χ1n) is 9.42. The van der Waals surface area contributed by atoms with Crippen LogP contribution in [0.5, 0.6) is 0 Å². The van der Waals surface area contributed by atoms with E-state index < -0.39 is 0 Å². The number of nitrogens with zero attached hydrogens (tertiary/aromatic N) is 3. The fourth-order valence-corrected chi connectivity index (χ4v) is 4.00. The standard InChI is InChI=1S/C20H26N4O2/c1-23-13-16(12-21-23)19(15-10-18(25)11-15)22-20(26)14-4-6-17(7-5-14)24-8-2-3-9-24/h4-7,12-13,15,18-19,25H,2-3,8-11H2,1H3,(H,22,26)/t15?,18?,19-/m0/s1. The van der Waals surface area contributed by atoms with Crippen molar-refractivity contribution >= 4 is 11.6 Å². The van der Waals surface area contributed by atoms with E-state index in [9.17, 15) is 9.90 Å². The number of hydrogen-bond donors (Lipinski definition) is 2. The molecule has 1 saturated carbocycles. The first-order valence-corrected chi connectivity index (χ1v) is 9.42. The van der Waals surface area contributed by atoms with Crippen LogP contribution in [0.3, 0.4) is 0 Å². The Morgan fingerprint density at radius 2 is 1.92 bits per heavy atom. The predicted molar refractivity (Wildman–Crippen MR) is 100 cm³/mol. The van der Waals surface area contributed by atoms with Crippen LogP contribution < -0.4 is 10.2 Å². The maximum absolute atomic E-state index is 12.8. The third kappa shape index (κ3) is 3.46. The third-order valence-electron chi connectivity index (χ3n) is 5.59. The van der Waals surface area contributed by atoms with E-state index >= 15 is 0 Å². The van der Waals surface area contributed by atoms with Gasteiger partial charge in [0.25, 0.3) is 5.91 Å². The topological polar surface area (TPSA) is 70.4 Å². The Balaban J connectivity index is 1.47. The molecule has 0 unspecified atom stereocenters. The Morgan fingerprint density at radius 1 is 1.23 bits per heavy atom. The quantitative estimate of drug-likeness (QED) is 0.864. The van der Waals surface area contributed by atoms with Crippen LogP contribution in [0.15, 0.2) is 36.7 Å². The summed E-state index contributed by atoms with van der Waals surface area (Å²) in [6.07, 6.45) is 7.39. The van der Waals surface area contributed by atoms with Crippen molar-refractivity contribution in [3.05, 3.63) is 47.8 Å². The van der Waals surface area contributed by atoms with Gasteiger partial charge in [0.15, 0.2) is 0 Å². The zero-order chi connectivity index (χ0) is 18.1. The van der Waals surface area contributed by atoms with Crippen LogP contribution in [0.1, 0.15) is 47.6 Å². The van der Waals surface area contributed by atoms with E-state index in [1.807, 2.05) is 37.5 Å². The van der Waals surface area contributed by atoms with Crippen LogP contribution in [0, 0.1) is 5.92 Å². The minimum absolute atomic E-state index is 0.0757. The lowest BCUT2D eigenvalue weighted by atomic mass is 9.75. The summed E-state index contributed by atoms with van der Waals surface area (Å²) in [5.74, 6) is 0.176. The SMILES string of the molecule is Cn1cc([C@@H](NC(=O)c2ccc(N3CCCC3)cc2)C2CC(O)C2)cn1. The van der Waals surface area contributed by atoms with E-state index in [-0.39, 0.29) is 24.0 Å². The Kier molecular flexibility index (Phi) is 4.68. The van der Waals surface area contributed by atoms with Gasteiger partial charge in [-0.05, 0) is 55.9 Å². The predicted octanol–water partition coefficient (Wildman–Crippen LogP) is 2.26. The molecule has 1 aliphatic heterocycles. The molecule has 2 aliphatic rings. The van der Waals surface area contributed by atoms with E-state index in [4.69, 9.17) is 0 Å². The number of nitrogens with one attached hydrogen (secondary N) is 1. The van der Waals surface area contributed by atoms with Gasteiger partial charge in [0, 0.05) is 43.1 Å². The molecule has 0 spiro atoms. The monoisotopic (exact) mass is 354 g/mol. The second-order valence-electron chi connectivity index (χ2n) is 7.52. The second-order valence-corrected chi connectivity index (χ2v) is 7.52. The highest BCUT2D eigenvalue weighted by molar-refractivity contribution is 5.94. The van der Waals surface area contributed by atoms with Crippen molar-refractivity contribution in [2.24, 2.45) is 13.0 Å². The number of aliphatic hydroxyl groups is 1. The van der Waals surface area contributed by atoms with E-state index in [2.05, 4.69) is 15.3 Å². The van der Waals surface area contributed by atoms with Gasteiger partial charge in [-0.25, -0.2) is 0 Å². The van der Waals surface area contributed by atoms with Gasteiger partial charge in [0.2, 0.25) is 0 Å². The van der Waals surface area contributed by atoms with Crippen molar-refractivity contribution in [1.29, 1.82) is 0 Å². The lowest BCUT2D eigenvalue weighted by Gasteiger charge is -2.37. The zero-order valence-corrected chi connectivity index (χ0v) is 15.1. The lowest BCUT2D eigenvalue weighted by Crippen LogP contribution is -2.41. The molecule has 1 saturated heterocycles. The number of rotatable bonds is 5. The molecule has 138 valence electrons. The summed E-state index contributed by atoms with van der Waals surface area (Å²) >= 11 is 0. The van der Waals surface area contributed by atoms with Crippen molar-refractivity contribution in [2.75, 3.05) is 18.0 Å². The molecule has 1 aromatic carbocycles. The van der Waals surface area contributed by atoms with E-state index in [1.54, 1.807) is 10.9 Å². The molecule has 1 atom stereocenters. The molecule has 1 aliphatic carbocycles. The molecular formula is C20H26N4O2. The Labute approximate surface area is 153 Å². The number of aliphatic hydroxyl groups excluding tert-OH is 1. The number of benzene rings is 1. The molecule has 2 fully saturated rings. The van der Waals surface area contributed by atoms with Gasteiger partial charge < -0.3 is 15.3 Å². The summed E-state index contributed by atoms with van der Waals surface area (Å²) in [5.41, 5.74) is 2.85. The molecule has 0 radical (unpaired) electrons. The fourth-order valence-electron chi connectivity index (χ4n) is 4.00. The molecule has 2 aromatic rings. The van der Waals surface area contributed by atoms with Crippen LogP contribution in [-0.4, -0.2) is 40.0 Å². The summed E-state index contributed by atoms with van der Waals surface area (Å²) in [6.45, 7) is 2.19. The van der Waals surface area contributed by atoms with Gasteiger partial charge in [0.1, 0.15) is 0 Å². The van der Waals surface area contributed by atoms with Crippen molar-refractivity contribution < 1.29 is 9.90 Å². The number of aryl methyl sites for hydroxylation is 1. The molecule has 1 amide bonds. The van der Waals surface area contributed by atoms with Gasteiger partial charge >= 0.3 is 0 Å². The molecule has 2 N–H and O–H groups in total.